The van der Waals surface area contributed by atoms with Crippen LogP contribution in [0.2, 0.25) is 0 Å². The molecule has 0 nitrogen and oxygen atoms in total. The van der Waals surface area contributed by atoms with E-state index in [-0.39, 0.29) is 0 Å². The molecular weight excluding hydrogens is 189 g/mol. The molecular formula is C11H15F3. The average molecular weight is 204 g/mol. The molecule has 0 heterocycles. The molecule has 0 bridgehead atoms. The van der Waals surface area contributed by atoms with Crippen LogP contribution in [0.15, 0.2) is 23.8 Å². The quantitative estimate of drug-likeness (QED) is 0.557. The fourth-order valence-corrected chi connectivity index (χ4v) is 1.60. The second-order valence-electron chi connectivity index (χ2n) is 4.78. The van der Waals surface area contributed by atoms with Crippen molar-refractivity contribution in [1.29, 1.82) is 0 Å². The Labute approximate surface area is 82.5 Å². The topological polar surface area (TPSA) is 0 Å². The molecule has 0 spiro atoms. The highest BCUT2D eigenvalue weighted by Gasteiger charge is 2.50. The molecule has 0 amide bonds. The molecule has 0 saturated heterocycles. The smallest absolute Gasteiger partial charge is 0.166 e. The molecule has 0 atom stereocenters. The van der Waals surface area contributed by atoms with Gasteiger partial charge in [-0.15, -0.1) is 0 Å². The van der Waals surface area contributed by atoms with Crippen molar-refractivity contribution in [2.24, 2.45) is 10.8 Å². The van der Waals surface area contributed by atoms with Crippen LogP contribution in [-0.4, -0.2) is 6.18 Å². The maximum Gasteiger partial charge on any atom is 0.413 e. The van der Waals surface area contributed by atoms with Crippen LogP contribution in [0.4, 0.5) is 13.2 Å². The van der Waals surface area contributed by atoms with Crippen molar-refractivity contribution < 1.29 is 13.2 Å². The summed E-state index contributed by atoms with van der Waals surface area (Å²) in [5.41, 5.74) is -1.79. The van der Waals surface area contributed by atoms with Crippen molar-refractivity contribution in [2.45, 2.75) is 33.9 Å². The fraction of sp³-hybridized carbons (Fsp3) is 0.636. The Bertz CT molecular complexity index is 290. The van der Waals surface area contributed by atoms with Crippen molar-refractivity contribution in [1.82, 2.24) is 0 Å². The second kappa shape index (κ2) is 2.88. The first-order valence-corrected chi connectivity index (χ1v) is 4.56. The van der Waals surface area contributed by atoms with Gasteiger partial charge in [0, 0.05) is 11.0 Å². The maximum atomic E-state index is 12.7. The first kappa shape index (κ1) is 11.3. The van der Waals surface area contributed by atoms with Crippen molar-refractivity contribution in [3.63, 3.8) is 0 Å². The van der Waals surface area contributed by atoms with E-state index in [4.69, 9.17) is 0 Å². The van der Waals surface area contributed by atoms with E-state index in [1.165, 1.54) is 12.2 Å². The van der Waals surface area contributed by atoms with Crippen molar-refractivity contribution in [3.8, 4) is 0 Å². The van der Waals surface area contributed by atoms with E-state index < -0.39 is 22.6 Å². The number of rotatable bonds is 0. The third-order valence-corrected chi connectivity index (χ3v) is 3.37. The molecule has 1 aliphatic carbocycles. The molecule has 0 aromatic rings. The molecule has 0 N–H and O–H groups in total. The van der Waals surface area contributed by atoms with Crippen LogP contribution in [0.5, 0.6) is 0 Å². The highest BCUT2D eigenvalue weighted by Crippen LogP contribution is 2.52. The molecule has 0 aliphatic heterocycles. The molecule has 0 radical (unpaired) electrons. The van der Waals surface area contributed by atoms with Crippen molar-refractivity contribution in [3.05, 3.63) is 23.8 Å². The SMILES string of the molecule is CC1(C)C=CC=C(C(F)(F)F)C1(C)C. The van der Waals surface area contributed by atoms with Gasteiger partial charge in [0.05, 0.1) is 0 Å². The molecule has 0 unspecified atom stereocenters. The summed E-state index contributed by atoms with van der Waals surface area (Å²) < 4.78 is 38.0. The highest BCUT2D eigenvalue weighted by atomic mass is 19.4. The first-order chi connectivity index (χ1) is 6.09. The molecule has 14 heavy (non-hydrogen) atoms. The van der Waals surface area contributed by atoms with E-state index in [2.05, 4.69) is 0 Å². The van der Waals surface area contributed by atoms with Gasteiger partial charge in [-0.1, -0.05) is 45.9 Å². The first-order valence-electron chi connectivity index (χ1n) is 4.56. The summed E-state index contributed by atoms with van der Waals surface area (Å²) in [6.07, 6.45) is 0.257. The lowest BCUT2D eigenvalue weighted by molar-refractivity contribution is -0.112. The Morgan fingerprint density at radius 3 is 1.93 bits per heavy atom. The number of alkyl halides is 3. The van der Waals surface area contributed by atoms with Crippen LogP contribution < -0.4 is 0 Å². The number of hydrogen-bond donors (Lipinski definition) is 0. The third kappa shape index (κ3) is 1.60. The standard InChI is InChI=1S/C11H15F3/c1-9(2)7-5-6-8(10(9,3)4)11(12,13)14/h5-7H,1-4H3. The van der Waals surface area contributed by atoms with E-state index in [1.807, 2.05) is 19.9 Å². The average Bonchev–Trinajstić information content (AvgIpc) is 1.92. The van der Waals surface area contributed by atoms with Crippen LogP contribution >= 0.6 is 0 Å². The maximum absolute atomic E-state index is 12.7. The zero-order chi connectivity index (χ0) is 11.2. The minimum Gasteiger partial charge on any atom is -0.166 e. The summed E-state index contributed by atoms with van der Waals surface area (Å²) in [5, 5.41) is 0. The van der Waals surface area contributed by atoms with Crippen molar-refractivity contribution >= 4 is 0 Å². The number of halogens is 3. The van der Waals surface area contributed by atoms with Crippen LogP contribution in [-0.2, 0) is 0 Å². The third-order valence-electron chi connectivity index (χ3n) is 3.37. The van der Waals surface area contributed by atoms with Gasteiger partial charge in [-0.05, 0) is 5.41 Å². The number of hydrogen-bond acceptors (Lipinski definition) is 0. The van der Waals surface area contributed by atoms with E-state index in [9.17, 15) is 13.2 Å². The van der Waals surface area contributed by atoms with E-state index in [0.29, 0.717) is 0 Å². The summed E-state index contributed by atoms with van der Waals surface area (Å²) >= 11 is 0. The Balaban J connectivity index is 3.22. The van der Waals surface area contributed by atoms with Gasteiger partial charge in [0.2, 0.25) is 0 Å². The lowest BCUT2D eigenvalue weighted by Crippen LogP contribution is -2.39. The summed E-state index contributed by atoms with van der Waals surface area (Å²) in [7, 11) is 0. The Morgan fingerprint density at radius 2 is 1.57 bits per heavy atom. The largest absolute Gasteiger partial charge is 0.413 e. The monoisotopic (exact) mass is 204 g/mol. The van der Waals surface area contributed by atoms with Gasteiger partial charge in [0.25, 0.3) is 0 Å². The molecule has 1 aliphatic rings. The lowest BCUT2D eigenvalue weighted by atomic mass is 9.61. The minimum absolute atomic E-state index is 0.447. The van der Waals surface area contributed by atoms with Gasteiger partial charge in [-0.3, -0.25) is 0 Å². The Hall–Kier alpha value is -0.730. The van der Waals surface area contributed by atoms with E-state index in [1.54, 1.807) is 13.8 Å². The van der Waals surface area contributed by atoms with E-state index >= 15 is 0 Å². The second-order valence-corrected chi connectivity index (χ2v) is 4.78. The van der Waals surface area contributed by atoms with Crippen molar-refractivity contribution in [2.75, 3.05) is 0 Å². The predicted octanol–water partition coefficient (Wildman–Crippen LogP) is 4.10. The molecule has 0 fully saturated rings. The van der Waals surface area contributed by atoms with E-state index in [0.717, 1.165) is 0 Å². The highest BCUT2D eigenvalue weighted by molar-refractivity contribution is 5.33. The summed E-state index contributed by atoms with van der Waals surface area (Å²) in [6.45, 7) is 6.91. The molecule has 3 heteroatoms. The molecule has 1 rings (SSSR count). The fourth-order valence-electron chi connectivity index (χ4n) is 1.60. The molecule has 0 saturated carbocycles. The lowest BCUT2D eigenvalue weighted by Gasteiger charge is -2.44. The molecule has 0 aromatic carbocycles. The molecule has 0 aromatic heterocycles. The predicted molar refractivity (Wildman–Crippen MR) is 50.8 cm³/mol. The van der Waals surface area contributed by atoms with Gasteiger partial charge >= 0.3 is 6.18 Å². The Kier molecular flexibility index (Phi) is 2.33. The van der Waals surface area contributed by atoms with Crippen LogP contribution in [0.3, 0.4) is 0 Å². The van der Waals surface area contributed by atoms with Gasteiger partial charge in [0.1, 0.15) is 0 Å². The molecule has 80 valence electrons. The van der Waals surface area contributed by atoms with Crippen LogP contribution in [0.1, 0.15) is 27.7 Å². The van der Waals surface area contributed by atoms with Gasteiger partial charge < -0.3 is 0 Å². The number of allylic oxidation sites excluding steroid dienone is 4. The van der Waals surface area contributed by atoms with Gasteiger partial charge in [-0.2, -0.15) is 13.2 Å². The Morgan fingerprint density at radius 1 is 1.07 bits per heavy atom. The van der Waals surface area contributed by atoms with Gasteiger partial charge in [0.15, 0.2) is 0 Å². The van der Waals surface area contributed by atoms with Crippen LogP contribution in [0, 0.1) is 10.8 Å². The van der Waals surface area contributed by atoms with Gasteiger partial charge in [-0.25, -0.2) is 0 Å². The minimum atomic E-state index is -4.23. The summed E-state index contributed by atoms with van der Waals surface area (Å²) in [4.78, 5) is 0. The zero-order valence-corrected chi connectivity index (χ0v) is 8.87. The van der Waals surface area contributed by atoms with Crippen LogP contribution in [0.25, 0.3) is 0 Å². The summed E-state index contributed by atoms with van der Waals surface area (Å²) in [5.74, 6) is 0. The zero-order valence-electron chi connectivity index (χ0n) is 8.87. The summed E-state index contributed by atoms with van der Waals surface area (Å²) in [6, 6.07) is 0. The normalized spacial score (nSPS) is 24.6.